The van der Waals surface area contributed by atoms with E-state index in [9.17, 15) is 9.59 Å². The van der Waals surface area contributed by atoms with Crippen LogP contribution in [0.1, 0.15) is 15.9 Å². The number of benzene rings is 3. The molecule has 0 atom stereocenters. The highest BCUT2D eigenvalue weighted by Gasteiger charge is 2.19. The molecule has 4 aromatic rings. The van der Waals surface area contributed by atoms with Crippen molar-refractivity contribution in [1.82, 2.24) is 0 Å². The molecule has 0 fully saturated rings. The van der Waals surface area contributed by atoms with E-state index >= 15 is 0 Å². The third-order valence-corrected chi connectivity index (χ3v) is 5.77. The van der Waals surface area contributed by atoms with E-state index < -0.39 is 0 Å². The molecule has 1 aromatic heterocycles. The molecule has 0 aliphatic rings. The summed E-state index contributed by atoms with van der Waals surface area (Å²) in [5.74, 6) is 0.164. The van der Waals surface area contributed by atoms with Gasteiger partial charge in [-0.1, -0.05) is 54.1 Å². The van der Waals surface area contributed by atoms with Crippen LogP contribution in [0.3, 0.4) is 0 Å². The number of ether oxygens (including phenoxy) is 1. The van der Waals surface area contributed by atoms with Gasteiger partial charge in [-0.05, 0) is 36.8 Å². The van der Waals surface area contributed by atoms with Gasteiger partial charge in [0.1, 0.15) is 10.8 Å². The minimum atomic E-state index is -0.317. The molecular weight excluding hydrogens is 382 g/mol. The molecule has 4 nitrogen and oxygen atoms in total. The van der Waals surface area contributed by atoms with Crippen LogP contribution in [0, 0.1) is 6.92 Å². The van der Waals surface area contributed by atoms with Crippen LogP contribution in [0.4, 0.5) is 5.00 Å². The molecule has 0 aliphatic heterocycles. The molecule has 0 aliphatic carbocycles. The third-order valence-electron chi connectivity index (χ3n) is 4.68. The van der Waals surface area contributed by atoms with Crippen molar-refractivity contribution in [3.63, 3.8) is 0 Å². The average molecular weight is 401 g/mol. The summed E-state index contributed by atoms with van der Waals surface area (Å²) in [5, 5.41) is 4.12. The largest absolute Gasteiger partial charge is 0.496 e. The summed E-state index contributed by atoms with van der Waals surface area (Å²) in [6.07, 6.45) is 0. The Balaban J connectivity index is 1.90. The van der Waals surface area contributed by atoms with Gasteiger partial charge in [-0.15, -0.1) is 11.3 Å². The van der Waals surface area contributed by atoms with Gasteiger partial charge >= 0.3 is 0 Å². The second-order valence-electron chi connectivity index (χ2n) is 6.66. The van der Waals surface area contributed by atoms with E-state index in [-0.39, 0.29) is 11.3 Å². The fraction of sp³-hybridized carbons (Fsp3) is 0.0833. The summed E-state index contributed by atoms with van der Waals surface area (Å²) < 4.78 is 6.13. The summed E-state index contributed by atoms with van der Waals surface area (Å²) in [5.41, 5.74) is 2.65. The van der Waals surface area contributed by atoms with E-state index in [0.29, 0.717) is 27.3 Å². The normalized spacial score (nSPS) is 10.7. The SMILES string of the molecule is COc1ccccc1C(=O)Nc1sc2ccccc2c(=O)c1-c1cccc(C)c1. The number of fused-ring (bicyclic) bond motifs is 1. The first kappa shape index (κ1) is 18.9. The molecule has 0 saturated heterocycles. The fourth-order valence-electron chi connectivity index (χ4n) is 3.30. The van der Waals surface area contributed by atoms with Crippen LogP contribution in [0.15, 0.2) is 77.6 Å². The van der Waals surface area contributed by atoms with Crippen LogP contribution in [0.2, 0.25) is 0 Å². The highest BCUT2D eigenvalue weighted by Crippen LogP contribution is 2.34. The molecule has 29 heavy (non-hydrogen) atoms. The van der Waals surface area contributed by atoms with E-state index in [1.165, 1.54) is 18.4 Å². The Morgan fingerprint density at radius 3 is 2.52 bits per heavy atom. The van der Waals surface area contributed by atoms with Crippen LogP contribution in [0.5, 0.6) is 5.75 Å². The topological polar surface area (TPSA) is 55.4 Å². The smallest absolute Gasteiger partial charge is 0.260 e. The predicted octanol–water partition coefficient (Wildman–Crippen LogP) is 5.50. The standard InChI is InChI=1S/C24H19NO3S/c1-15-8-7-9-16(14-15)21-22(26)18-11-4-6-13-20(18)29-24(21)25-23(27)17-10-3-5-12-19(17)28-2/h3-14H,1-2H3,(H,25,27). The molecule has 0 spiro atoms. The highest BCUT2D eigenvalue weighted by atomic mass is 32.1. The van der Waals surface area contributed by atoms with Gasteiger partial charge in [-0.3, -0.25) is 9.59 Å². The van der Waals surface area contributed by atoms with Crippen molar-refractivity contribution in [2.45, 2.75) is 6.92 Å². The average Bonchev–Trinajstić information content (AvgIpc) is 2.74. The molecule has 1 heterocycles. The molecule has 0 radical (unpaired) electrons. The van der Waals surface area contributed by atoms with Gasteiger partial charge in [0.05, 0.1) is 18.2 Å². The number of para-hydroxylation sites is 1. The summed E-state index contributed by atoms with van der Waals surface area (Å²) in [6, 6.07) is 22.2. The number of methoxy groups -OCH3 is 1. The molecule has 0 saturated carbocycles. The summed E-state index contributed by atoms with van der Waals surface area (Å²) in [6.45, 7) is 1.98. The van der Waals surface area contributed by atoms with Crippen molar-refractivity contribution >= 4 is 32.3 Å². The Morgan fingerprint density at radius 2 is 1.72 bits per heavy atom. The maximum atomic E-state index is 13.3. The van der Waals surface area contributed by atoms with Gasteiger partial charge in [0, 0.05) is 10.1 Å². The van der Waals surface area contributed by atoms with Crippen LogP contribution in [-0.2, 0) is 0 Å². The van der Waals surface area contributed by atoms with Crippen molar-refractivity contribution < 1.29 is 9.53 Å². The van der Waals surface area contributed by atoms with E-state index in [1.807, 2.05) is 61.5 Å². The lowest BCUT2D eigenvalue weighted by Gasteiger charge is -2.13. The fourth-order valence-corrected chi connectivity index (χ4v) is 4.39. The molecule has 0 bridgehead atoms. The number of anilines is 1. The van der Waals surface area contributed by atoms with Gasteiger partial charge in [0.15, 0.2) is 5.43 Å². The number of rotatable bonds is 4. The Hall–Kier alpha value is -3.44. The quantitative estimate of drug-likeness (QED) is 0.491. The lowest BCUT2D eigenvalue weighted by molar-refractivity contribution is 0.102. The maximum absolute atomic E-state index is 13.3. The second kappa shape index (κ2) is 7.89. The van der Waals surface area contributed by atoms with E-state index in [0.717, 1.165) is 15.8 Å². The van der Waals surface area contributed by atoms with Crippen LogP contribution in [-0.4, -0.2) is 13.0 Å². The monoisotopic (exact) mass is 401 g/mol. The zero-order chi connectivity index (χ0) is 20.4. The van der Waals surface area contributed by atoms with Crippen molar-refractivity contribution in [3.05, 3.63) is 94.1 Å². The molecule has 1 amide bonds. The van der Waals surface area contributed by atoms with Gasteiger partial charge in [-0.2, -0.15) is 0 Å². The number of amides is 1. The van der Waals surface area contributed by atoms with Crippen molar-refractivity contribution in [1.29, 1.82) is 0 Å². The molecule has 0 unspecified atom stereocenters. The molecule has 1 N–H and O–H groups in total. The van der Waals surface area contributed by atoms with Crippen molar-refractivity contribution in [3.8, 4) is 16.9 Å². The Morgan fingerprint density at radius 1 is 0.966 bits per heavy atom. The highest BCUT2D eigenvalue weighted by molar-refractivity contribution is 7.22. The molecular formula is C24H19NO3S. The zero-order valence-electron chi connectivity index (χ0n) is 16.1. The van der Waals surface area contributed by atoms with Crippen molar-refractivity contribution in [2.75, 3.05) is 12.4 Å². The first-order chi connectivity index (χ1) is 14.1. The van der Waals surface area contributed by atoms with Crippen molar-refractivity contribution in [2.24, 2.45) is 0 Å². The molecule has 4 rings (SSSR count). The molecule has 3 aromatic carbocycles. The first-order valence-electron chi connectivity index (χ1n) is 9.15. The Kier molecular flexibility index (Phi) is 5.14. The molecule has 144 valence electrons. The number of aryl methyl sites for hydroxylation is 1. The van der Waals surface area contributed by atoms with Gasteiger partial charge in [0.25, 0.3) is 5.91 Å². The van der Waals surface area contributed by atoms with Gasteiger partial charge in [-0.25, -0.2) is 0 Å². The lowest BCUT2D eigenvalue weighted by Crippen LogP contribution is -2.16. The van der Waals surface area contributed by atoms with Gasteiger partial charge in [0.2, 0.25) is 0 Å². The van der Waals surface area contributed by atoms with Crippen LogP contribution >= 0.6 is 11.3 Å². The summed E-state index contributed by atoms with van der Waals surface area (Å²) >= 11 is 1.39. The van der Waals surface area contributed by atoms with E-state index in [4.69, 9.17) is 4.74 Å². The minimum Gasteiger partial charge on any atom is -0.496 e. The van der Waals surface area contributed by atoms with E-state index in [2.05, 4.69) is 5.32 Å². The van der Waals surface area contributed by atoms with Gasteiger partial charge < -0.3 is 10.1 Å². The molecule has 5 heteroatoms. The number of hydrogen-bond donors (Lipinski definition) is 1. The number of carbonyl (C=O) groups is 1. The predicted molar refractivity (Wildman–Crippen MR) is 119 cm³/mol. The first-order valence-corrected chi connectivity index (χ1v) is 9.97. The van der Waals surface area contributed by atoms with Crippen LogP contribution < -0.4 is 15.5 Å². The van der Waals surface area contributed by atoms with Crippen LogP contribution in [0.25, 0.3) is 21.2 Å². The Bertz CT molecular complexity index is 1280. The Labute approximate surface area is 172 Å². The summed E-state index contributed by atoms with van der Waals surface area (Å²) in [4.78, 5) is 26.3. The number of carbonyl (C=O) groups excluding carboxylic acids is 1. The summed E-state index contributed by atoms with van der Waals surface area (Å²) in [7, 11) is 1.53. The number of nitrogens with one attached hydrogen (secondary N) is 1. The zero-order valence-corrected chi connectivity index (χ0v) is 16.9. The maximum Gasteiger partial charge on any atom is 0.260 e. The second-order valence-corrected chi connectivity index (χ2v) is 7.71. The third kappa shape index (κ3) is 3.65. The van der Waals surface area contributed by atoms with E-state index in [1.54, 1.807) is 18.2 Å². The lowest BCUT2D eigenvalue weighted by atomic mass is 10.0. The minimum absolute atomic E-state index is 0.0970. The number of hydrogen-bond acceptors (Lipinski definition) is 4.